The molecule has 2 fully saturated rings. The molecule has 1 aromatic rings. The minimum atomic E-state index is 0.628. The molecule has 0 spiro atoms. The Balaban J connectivity index is 1.67. The van der Waals surface area contributed by atoms with Crippen molar-refractivity contribution in [2.45, 2.75) is 31.6 Å². The van der Waals surface area contributed by atoms with Gasteiger partial charge in [0, 0.05) is 19.0 Å². The molecule has 0 bridgehead atoms. The van der Waals surface area contributed by atoms with Gasteiger partial charge in [-0.05, 0) is 43.9 Å². The van der Waals surface area contributed by atoms with Crippen molar-refractivity contribution < 1.29 is 0 Å². The van der Waals surface area contributed by atoms with E-state index in [0.29, 0.717) is 11.8 Å². The summed E-state index contributed by atoms with van der Waals surface area (Å²) < 4.78 is 0. The molecule has 2 N–H and O–H groups in total. The van der Waals surface area contributed by atoms with E-state index in [0.717, 1.165) is 25.5 Å². The van der Waals surface area contributed by atoms with Crippen LogP contribution in [0.15, 0.2) is 12.1 Å². The normalized spacial score (nSPS) is 25.0. The molecule has 2 aliphatic rings. The van der Waals surface area contributed by atoms with Crippen molar-refractivity contribution in [3.05, 3.63) is 17.8 Å². The second-order valence-electron chi connectivity index (χ2n) is 5.28. The largest absolute Gasteiger partial charge is 0.355 e. The molecule has 1 aliphatic heterocycles. The van der Waals surface area contributed by atoms with Gasteiger partial charge in [-0.1, -0.05) is 6.42 Å². The third kappa shape index (κ3) is 2.14. The number of anilines is 1. The summed E-state index contributed by atoms with van der Waals surface area (Å²) in [6.45, 7) is 2.89. The lowest BCUT2D eigenvalue weighted by atomic mass is 9.83. The summed E-state index contributed by atoms with van der Waals surface area (Å²) in [6.07, 6.45) is 5.10. The molecular weight excluding hydrogens is 212 g/mol. The fraction of sp³-hybridized carbons (Fsp3) is 0.692. The summed E-state index contributed by atoms with van der Waals surface area (Å²) in [6, 6.07) is 4.28. The maximum absolute atomic E-state index is 5.70. The first-order chi connectivity index (χ1) is 8.36. The zero-order valence-electron chi connectivity index (χ0n) is 10.2. The lowest BCUT2D eigenvalue weighted by Gasteiger charge is -2.24. The minimum absolute atomic E-state index is 0.628. The lowest BCUT2D eigenvalue weighted by molar-refractivity contribution is 0.408. The van der Waals surface area contributed by atoms with E-state index in [2.05, 4.69) is 27.2 Å². The Hall–Kier alpha value is -1.16. The highest BCUT2D eigenvalue weighted by Gasteiger charge is 2.24. The Kier molecular flexibility index (Phi) is 2.97. The van der Waals surface area contributed by atoms with Crippen molar-refractivity contribution in [3.8, 4) is 0 Å². The molecule has 4 nitrogen and oxygen atoms in total. The van der Waals surface area contributed by atoms with E-state index in [9.17, 15) is 0 Å². The van der Waals surface area contributed by atoms with Crippen molar-refractivity contribution >= 4 is 5.82 Å². The number of nitrogens with zero attached hydrogens (tertiary/aromatic N) is 3. The molecule has 1 atom stereocenters. The third-order valence-electron chi connectivity index (χ3n) is 4.14. The van der Waals surface area contributed by atoms with Gasteiger partial charge in [0.25, 0.3) is 0 Å². The predicted octanol–water partition coefficient (Wildman–Crippen LogP) is 1.53. The number of hydrogen-bond acceptors (Lipinski definition) is 4. The van der Waals surface area contributed by atoms with Gasteiger partial charge in [0.2, 0.25) is 0 Å². The third-order valence-corrected chi connectivity index (χ3v) is 4.14. The fourth-order valence-corrected chi connectivity index (χ4v) is 2.66. The first kappa shape index (κ1) is 11.0. The second kappa shape index (κ2) is 4.61. The molecule has 0 radical (unpaired) electrons. The highest BCUT2D eigenvalue weighted by atomic mass is 15.3. The monoisotopic (exact) mass is 232 g/mol. The average Bonchev–Trinajstić information content (AvgIpc) is 2.76. The Morgan fingerprint density at radius 2 is 2.12 bits per heavy atom. The minimum Gasteiger partial charge on any atom is -0.355 e. The maximum atomic E-state index is 5.70. The summed E-state index contributed by atoms with van der Waals surface area (Å²) in [4.78, 5) is 2.30. The molecule has 1 aliphatic carbocycles. The van der Waals surface area contributed by atoms with E-state index in [-0.39, 0.29) is 0 Å². The molecule has 3 rings (SSSR count). The van der Waals surface area contributed by atoms with E-state index >= 15 is 0 Å². The van der Waals surface area contributed by atoms with Gasteiger partial charge in [0.05, 0.1) is 5.69 Å². The topological polar surface area (TPSA) is 55.0 Å². The van der Waals surface area contributed by atoms with E-state index < -0.39 is 0 Å². The zero-order chi connectivity index (χ0) is 11.7. The van der Waals surface area contributed by atoms with Crippen LogP contribution >= 0.6 is 0 Å². The highest BCUT2D eigenvalue weighted by Crippen LogP contribution is 2.35. The Morgan fingerprint density at radius 3 is 2.65 bits per heavy atom. The van der Waals surface area contributed by atoms with Gasteiger partial charge >= 0.3 is 0 Å². The molecule has 0 amide bonds. The molecule has 1 aromatic heterocycles. The van der Waals surface area contributed by atoms with E-state index in [1.807, 2.05) is 0 Å². The molecule has 1 saturated heterocycles. The van der Waals surface area contributed by atoms with E-state index in [1.54, 1.807) is 0 Å². The predicted molar refractivity (Wildman–Crippen MR) is 68.0 cm³/mol. The van der Waals surface area contributed by atoms with Crippen LogP contribution < -0.4 is 10.6 Å². The first-order valence-corrected chi connectivity index (χ1v) is 6.65. The highest BCUT2D eigenvalue weighted by molar-refractivity contribution is 5.39. The molecule has 2 heterocycles. The zero-order valence-corrected chi connectivity index (χ0v) is 10.2. The van der Waals surface area contributed by atoms with Crippen LogP contribution in [0.25, 0.3) is 0 Å². The van der Waals surface area contributed by atoms with E-state index in [4.69, 9.17) is 5.73 Å². The van der Waals surface area contributed by atoms with Gasteiger partial charge < -0.3 is 10.6 Å². The van der Waals surface area contributed by atoms with Gasteiger partial charge in [-0.2, -0.15) is 5.10 Å². The van der Waals surface area contributed by atoms with Crippen LogP contribution in [0.4, 0.5) is 5.82 Å². The van der Waals surface area contributed by atoms with Crippen molar-refractivity contribution in [2.75, 3.05) is 24.5 Å². The first-order valence-electron chi connectivity index (χ1n) is 6.65. The summed E-state index contributed by atoms with van der Waals surface area (Å²) in [7, 11) is 0. The lowest BCUT2D eigenvalue weighted by Crippen LogP contribution is -2.24. The van der Waals surface area contributed by atoms with Crippen LogP contribution in [0.1, 0.15) is 37.3 Å². The molecule has 1 unspecified atom stereocenters. The fourth-order valence-electron chi connectivity index (χ4n) is 2.66. The van der Waals surface area contributed by atoms with Gasteiger partial charge in [-0.15, -0.1) is 5.10 Å². The van der Waals surface area contributed by atoms with Crippen LogP contribution in [0.3, 0.4) is 0 Å². The molecule has 92 valence electrons. The van der Waals surface area contributed by atoms with Crippen molar-refractivity contribution in [1.82, 2.24) is 10.2 Å². The van der Waals surface area contributed by atoms with Gasteiger partial charge in [0.15, 0.2) is 5.82 Å². The Bertz CT molecular complexity index is 372. The number of rotatable bonds is 3. The SMILES string of the molecule is NCC1CCN(c2ccc(C3CCC3)nn2)C1. The van der Waals surface area contributed by atoms with Gasteiger partial charge in [0.1, 0.15) is 0 Å². The van der Waals surface area contributed by atoms with Crippen LogP contribution in [-0.4, -0.2) is 29.8 Å². The number of hydrogen-bond donors (Lipinski definition) is 1. The van der Waals surface area contributed by atoms with E-state index in [1.165, 1.54) is 31.4 Å². The van der Waals surface area contributed by atoms with Crippen LogP contribution in [0.5, 0.6) is 0 Å². The van der Waals surface area contributed by atoms with Crippen LogP contribution in [0, 0.1) is 5.92 Å². The van der Waals surface area contributed by atoms with Gasteiger partial charge in [-0.25, -0.2) is 0 Å². The van der Waals surface area contributed by atoms with Crippen molar-refractivity contribution in [3.63, 3.8) is 0 Å². The molecule has 1 saturated carbocycles. The molecule has 4 heteroatoms. The Labute approximate surface area is 102 Å². The number of aromatic nitrogens is 2. The molecular formula is C13H20N4. The van der Waals surface area contributed by atoms with Gasteiger partial charge in [-0.3, -0.25) is 0 Å². The summed E-state index contributed by atoms with van der Waals surface area (Å²) >= 11 is 0. The molecule has 0 aromatic carbocycles. The summed E-state index contributed by atoms with van der Waals surface area (Å²) in [5, 5.41) is 8.74. The standard InChI is InChI=1S/C13H20N4/c14-8-10-6-7-17(9-10)13-5-4-12(15-16-13)11-2-1-3-11/h4-5,10-11H,1-3,6-9,14H2. The van der Waals surface area contributed by atoms with Crippen LogP contribution in [-0.2, 0) is 0 Å². The summed E-state index contributed by atoms with van der Waals surface area (Å²) in [5.74, 6) is 2.32. The summed E-state index contributed by atoms with van der Waals surface area (Å²) in [5.41, 5.74) is 6.88. The smallest absolute Gasteiger partial charge is 0.151 e. The average molecular weight is 232 g/mol. The quantitative estimate of drug-likeness (QED) is 0.858. The maximum Gasteiger partial charge on any atom is 0.151 e. The second-order valence-corrected chi connectivity index (χ2v) is 5.28. The molecule has 17 heavy (non-hydrogen) atoms. The number of nitrogens with two attached hydrogens (primary N) is 1. The van der Waals surface area contributed by atoms with Crippen LogP contribution in [0.2, 0.25) is 0 Å². The van der Waals surface area contributed by atoms with Crippen molar-refractivity contribution in [2.24, 2.45) is 11.7 Å². The Morgan fingerprint density at radius 1 is 1.24 bits per heavy atom. The van der Waals surface area contributed by atoms with Crippen molar-refractivity contribution in [1.29, 1.82) is 0 Å².